The Bertz CT molecular complexity index is 974. The van der Waals surface area contributed by atoms with Gasteiger partial charge in [0.1, 0.15) is 0 Å². The highest BCUT2D eigenvalue weighted by atomic mass is 16.2. The lowest BCUT2D eigenvalue weighted by Crippen LogP contribution is -2.27. The molecule has 0 bridgehead atoms. The molecule has 0 fully saturated rings. The molecule has 0 unspecified atom stereocenters. The Morgan fingerprint density at radius 3 is 1.90 bits per heavy atom. The van der Waals surface area contributed by atoms with Crippen molar-refractivity contribution < 1.29 is 9.59 Å². The number of carbonyl (C=O) groups excluding carboxylic acids is 2. The fourth-order valence-corrected chi connectivity index (χ4v) is 3.12. The standard InChI is InChI=1S/C25H25N3O2/c1-18-13-15-22(16-14-18)26-23(29)17-19(2)27-28-25(30)24(20-9-5-3-6-10-20)21-11-7-4-8-12-21/h3-16,24H,17H2,1-2H3,(H,26,29)(H,28,30)/b27-19+. The maximum atomic E-state index is 12.9. The summed E-state index contributed by atoms with van der Waals surface area (Å²) in [6, 6.07) is 26.7. The smallest absolute Gasteiger partial charge is 0.252 e. The quantitative estimate of drug-likeness (QED) is 0.448. The maximum absolute atomic E-state index is 12.9. The molecule has 3 aromatic rings. The molecular weight excluding hydrogens is 374 g/mol. The Hall–Kier alpha value is -3.73. The van der Waals surface area contributed by atoms with Gasteiger partial charge in [0.05, 0.1) is 12.3 Å². The Labute approximate surface area is 176 Å². The molecule has 0 heterocycles. The number of benzene rings is 3. The van der Waals surface area contributed by atoms with Crippen LogP contribution < -0.4 is 10.7 Å². The first-order valence-corrected chi connectivity index (χ1v) is 9.82. The Morgan fingerprint density at radius 2 is 1.37 bits per heavy atom. The van der Waals surface area contributed by atoms with Crippen LogP contribution in [0.1, 0.15) is 36.0 Å². The van der Waals surface area contributed by atoms with Crippen LogP contribution in [0.3, 0.4) is 0 Å². The first-order chi connectivity index (χ1) is 14.5. The molecular formula is C25H25N3O2. The van der Waals surface area contributed by atoms with E-state index in [4.69, 9.17) is 0 Å². The molecule has 5 nitrogen and oxygen atoms in total. The summed E-state index contributed by atoms with van der Waals surface area (Å²) in [6.07, 6.45) is 0.0928. The molecule has 30 heavy (non-hydrogen) atoms. The monoisotopic (exact) mass is 399 g/mol. The summed E-state index contributed by atoms with van der Waals surface area (Å²) in [7, 11) is 0. The SMILES string of the molecule is C/C(CC(=O)Nc1ccc(C)cc1)=N\NC(=O)C(c1ccccc1)c1ccccc1. The molecule has 152 valence electrons. The molecule has 0 aliphatic rings. The number of hydrogen-bond acceptors (Lipinski definition) is 3. The number of hydrogen-bond donors (Lipinski definition) is 2. The van der Waals surface area contributed by atoms with Gasteiger partial charge < -0.3 is 5.32 Å². The molecule has 3 aromatic carbocycles. The molecule has 2 N–H and O–H groups in total. The normalized spacial score (nSPS) is 11.2. The van der Waals surface area contributed by atoms with Crippen molar-refractivity contribution in [2.24, 2.45) is 5.10 Å². The average Bonchev–Trinajstić information content (AvgIpc) is 2.75. The van der Waals surface area contributed by atoms with Gasteiger partial charge in [-0.3, -0.25) is 9.59 Å². The summed E-state index contributed by atoms with van der Waals surface area (Å²) in [4.78, 5) is 25.2. The number of amides is 2. The van der Waals surface area contributed by atoms with Gasteiger partial charge in [-0.05, 0) is 37.1 Å². The number of aryl methyl sites for hydroxylation is 1. The van der Waals surface area contributed by atoms with E-state index in [2.05, 4.69) is 15.8 Å². The molecule has 0 radical (unpaired) electrons. The Morgan fingerprint density at radius 1 is 0.833 bits per heavy atom. The second kappa shape index (κ2) is 10.2. The van der Waals surface area contributed by atoms with Crippen molar-refractivity contribution in [3.63, 3.8) is 0 Å². The zero-order chi connectivity index (χ0) is 21.3. The van der Waals surface area contributed by atoms with Gasteiger partial charge in [0.15, 0.2) is 0 Å². The van der Waals surface area contributed by atoms with Crippen LogP contribution in [0, 0.1) is 6.92 Å². The van der Waals surface area contributed by atoms with E-state index >= 15 is 0 Å². The van der Waals surface area contributed by atoms with E-state index in [1.54, 1.807) is 6.92 Å². The van der Waals surface area contributed by atoms with Gasteiger partial charge >= 0.3 is 0 Å². The number of nitrogens with one attached hydrogen (secondary N) is 2. The third-order valence-electron chi connectivity index (χ3n) is 4.64. The number of rotatable bonds is 7. The van der Waals surface area contributed by atoms with Crippen LogP contribution in [0.2, 0.25) is 0 Å². The second-order valence-corrected chi connectivity index (χ2v) is 7.17. The van der Waals surface area contributed by atoms with Crippen molar-refractivity contribution in [1.82, 2.24) is 5.43 Å². The van der Waals surface area contributed by atoms with E-state index in [0.717, 1.165) is 22.4 Å². The zero-order valence-electron chi connectivity index (χ0n) is 17.1. The van der Waals surface area contributed by atoms with Gasteiger partial charge in [-0.2, -0.15) is 5.10 Å². The van der Waals surface area contributed by atoms with Gasteiger partial charge in [-0.25, -0.2) is 5.43 Å². The molecule has 0 saturated heterocycles. The van der Waals surface area contributed by atoms with Crippen LogP contribution >= 0.6 is 0 Å². The van der Waals surface area contributed by atoms with E-state index in [1.165, 1.54) is 0 Å². The van der Waals surface area contributed by atoms with Crippen molar-refractivity contribution in [3.8, 4) is 0 Å². The van der Waals surface area contributed by atoms with Crippen molar-refractivity contribution in [2.75, 3.05) is 5.32 Å². The van der Waals surface area contributed by atoms with Crippen LogP contribution in [0.4, 0.5) is 5.69 Å². The highest BCUT2D eigenvalue weighted by Gasteiger charge is 2.22. The Balaban J connectivity index is 1.65. The van der Waals surface area contributed by atoms with Crippen LogP contribution in [0.25, 0.3) is 0 Å². The largest absolute Gasteiger partial charge is 0.326 e. The van der Waals surface area contributed by atoms with Crippen LogP contribution in [0.15, 0.2) is 90.0 Å². The first-order valence-electron chi connectivity index (χ1n) is 9.82. The minimum atomic E-state index is -0.481. The molecule has 0 aliphatic heterocycles. The summed E-state index contributed by atoms with van der Waals surface area (Å²) in [5.74, 6) is -0.909. The van der Waals surface area contributed by atoms with Crippen molar-refractivity contribution in [1.29, 1.82) is 0 Å². The summed E-state index contributed by atoms with van der Waals surface area (Å²) in [5, 5.41) is 6.98. The molecule has 3 rings (SSSR count). The predicted octanol–water partition coefficient (Wildman–Crippen LogP) is 4.65. The fourth-order valence-electron chi connectivity index (χ4n) is 3.12. The topological polar surface area (TPSA) is 70.6 Å². The van der Waals surface area contributed by atoms with E-state index in [-0.39, 0.29) is 18.2 Å². The molecule has 2 amide bonds. The summed E-state index contributed by atoms with van der Waals surface area (Å²) in [5.41, 5.74) is 6.76. The third kappa shape index (κ3) is 5.88. The van der Waals surface area contributed by atoms with E-state index in [9.17, 15) is 9.59 Å². The van der Waals surface area contributed by atoms with Crippen molar-refractivity contribution in [2.45, 2.75) is 26.2 Å². The van der Waals surface area contributed by atoms with E-state index in [0.29, 0.717) is 5.71 Å². The van der Waals surface area contributed by atoms with Gasteiger partial charge in [0.25, 0.3) is 5.91 Å². The minimum Gasteiger partial charge on any atom is -0.326 e. The average molecular weight is 399 g/mol. The molecule has 0 spiro atoms. The number of anilines is 1. The van der Waals surface area contributed by atoms with Gasteiger partial charge in [-0.1, -0.05) is 78.4 Å². The first kappa shape index (κ1) is 21.0. The van der Waals surface area contributed by atoms with Crippen LogP contribution in [-0.2, 0) is 9.59 Å². The number of nitrogens with zero attached hydrogens (tertiary/aromatic N) is 1. The van der Waals surface area contributed by atoms with Crippen LogP contribution in [0.5, 0.6) is 0 Å². The fraction of sp³-hybridized carbons (Fsp3) is 0.160. The molecule has 0 saturated carbocycles. The van der Waals surface area contributed by atoms with Gasteiger partial charge in [0.2, 0.25) is 5.91 Å². The maximum Gasteiger partial charge on any atom is 0.252 e. The molecule has 0 aromatic heterocycles. The highest BCUT2D eigenvalue weighted by molar-refractivity contribution is 6.05. The summed E-state index contributed by atoms with van der Waals surface area (Å²) in [6.45, 7) is 3.71. The van der Waals surface area contributed by atoms with Gasteiger partial charge in [-0.15, -0.1) is 0 Å². The van der Waals surface area contributed by atoms with Gasteiger partial charge in [0, 0.05) is 11.4 Å². The Kier molecular flexibility index (Phi) is 7.11. The number of carbonyl (C=O) groups is 2. The molecule has 5 heteroatoms. The van der Waals surface area contributed by atoms with Crippen LogP contribution in [-0.4, -0.2) is 17.5 Å². The van der Waals surface area contributed by atoms with E-state index in [1.807, 2.05) is 91.9 Å². The highest BCUT2D eigenvalue weighted by Crippen LogP contribution is 2.24. The lowest BCUT2D eigenvalue weighted by molar-refractivity contribution is -0.121. The number of hydrazone groups is 1. The predicted molar refractivity (Wildman–Crippen MR) is 120 cm³/mol. The summed E-state index contributed by atoms with van der Waals surface area (Å²) >= 11 is 0. The second-order valence-electron chi connectivity index (χ2n) is 7.17. The molecule has 0 atom stereocenters. The lowest BCUT2D eigenvalue weighted by atomic mass is 9.91. The van der Waals surface area contributed by atoms with E-state index < -0.39 is 5.92 Å². The minimum absolute atomic E-state index is 0.0928. The lowest BCUT2D eigenvalue weighted by Gasteiger charge is -2.16. The van der Waals surface area contributed by atoms with Crippen molar-refractivity contribution in [3.05, 3.63) is 102 Å². The molecule has 0 aliphatic carbocycles. The van der Waals surface area contributed by atoms with Crippen molar-refractivity contribution >= 4 is 23.2 Å². The summed E-state index contributed by atoms with van der Waals surface area (Å²) < 4.78 is 0. The third-order valence-corrected chi connectivity index (χ3v) is 4.64. The zero-order valence-corrected chi connectivity index (χ0v) is 17.1.